The molecule has 0 bridgehead atoms. The largest absolute Gasteiger partial charge is 0.657 e. The van der Waals surface area contributed by atoms with E-state index in [0.29, 0.717) is 18.1 Å². The molecule has 0 aromatic heterocycles. The third-order valence-corrected chi connectivity index (χ3v) is 3.31. The van der Waals surface area contributed by atoms with Crippen LogP contribution in [0.3, 0.4) is 0 Å². The van der Waals surface area contributed by atoms with Crippen molar-refractivity contribution in [1.82, 2.24) is 0 Å². The van der Waals surface area contributed by atoms with Crippen LogP contribution < -0.4 is 0 Å². The Morgan fingerprint density at radius 3 is 2.79 bits per heavy atom. The third kappa shape index (κ3) is 2.58. The Bertz CT molecular complexity index is 175. The first-order valence-corrected chi connectivity index (χ1v) is 5.57. The van der Waals surface area contributed by atoms with Crippen LogP contribution >= 0.6 is 0 Å². The Morgan fingerprint density at radius 1 is 1.29 bits per heavy atom. The van der Waals surface area contributed by atoms with Crippen LogP contribution in [0.5, 0.6) is 0 Å². The van der Waals surface area contributed by atoms with E-state index in [1.54, 1.807) is 0 Å². The maximum atomic E-state index is 5.91. The van der Waals surface area contributed by atoms with Crippen molar-refractivity contribution < 1.29 is 25.2 Å². The van der Waals surface area contributed by atoms with Crippen molar-refractivity contribution in [2.75, 3.05) is 13.2 Å². The van der Waals surface area contributed by atoms with Gasteiger partial charge in [0.05, 0.1) is 0 Å². The van der Waals surface area contributed by atoms with Gasteiger partial charge in [-0.25, -0.2) is 0 Å². The fourth-order valence-electron chi connectivity index (χ4n) is 2.55. The molecule has 2 heterocycles. The quantitative estimate of drug-likeness (QED) is 0.698. The van der Waals surface area contributed by atoms with E-state index in [1.807, 2.05) is 0 Å². The SMILES string of the molecule is CC(C)C1[N-]CC2CCCCOC21.[Re]. The molecule has 3 heteroatoms. The molecular weight excluding hydrogens is 348 g/mol. The fraction of sp³-hybridized carbons (Fsp3) is 1.00. The predicted molar refractivity (Wildman–Crippen MR) is 53.9 cm³/mol. The minimum Gasteiger partial charge on any atom is -0.657 e. The Hall–Kier alpha value is 0.582. The second-order valence-electron chi connectivity index (χ2n) is 4.69. The smallest absolute Gasteiger partial charge is 0.0469 e. The zero-order chi connectivity index (χ0) is 9.26. The van der Waals surface area contributed by atoms with Crippen molar-refractivity contribution in [2.24, 2.45) is 11.8 Å². The summed E-state index contributed by atoms with van der Waals surface area (Å²) < 4.78 is 5.91. The molecule has 2 rings (SSSR count). The van der Waals surface area contributed by atoms with E-state index in [-0.39, 0.29) is 20.4 Å². The summed E-state index contributed by atoms with van der Waals surface area (Å²) in [6, 6.07) is 0.475. The summed E-state index contributed by atoms with van der Waals surface area (Å²) in [4.78, 5) is 0. The van der Waals surface area contributed by atoms with E-state index < -0.39 is 0 Å². The fourth-order valence-corrected chi connectivity index (χ4v) is 2.55. The molecule has 83 valence electrons. The molecule has 2 saturated heterocycles. The van der Waals surface area contributed by atoms with Gasteiger partial charge in [0.1, 0.15) is 0 Å². The molecule has 14 heavy (non-hydrogen) atoms. The number of rotatable bonds is 1. The second kappa shape index (κ2) is 5.61. The van der Waals surface area contributed by atoms with Crippen molar-refractivity contribution >= 4 is 0 Å². The maximum Gasteiger partial charge on any atom is 0.0469 e. The molecule has 2 aliphatic heterocycles. The summed E-state index contributed by atoms with van der Waals surface area (Å²) in [7, 11) is 0. The standard InChI is InChI=1S/C11H20NO.Re/c1-8(2)10-11-9(7-12-10)5-3-4-6-13-11;/h8-11H,3-7H2,1-2H3;/q-1;. The van der Waals surface area contributed by atoms with Gasteiger partial charge in [0, 0.05) is 33.1 Å². The molecule has 0 aromatic carbocycles. The number of fused-ring (bicyclic) bond motifs is 1. The Balaban J connectivity index is 0.000000980. The molecule has 2 fully saturated rings. The normalized spacial score (nSPS) is 37.5. The predicted octanol–water partition coefficient (Wildman–Crippen LogP) is 2.58. The van der Waals surface area contributed by atoms with Gasteiger partial charge < -0.3 is 10.1 Å². The zero-order valence-corrected chi connectivity index (χ0v) is 11.8. The molecule has 0 aliphatic carbocycles. The first-order valence-electron chi connectivity index (χ1n) is 5.57. The van der Waals surface area contributed by atoms with Gasteiger partial charge in [-0.15, -0.1) is 12.6 Å². The molecule has 1 radical (unpaired) electrons. The third-order valence-electron chi connectivity index (χ3n) is 3.31. The van der Waals surface area contributed by atoms with Gasteiger partial charge >= 0.3 is 0 Å². The van der Waals surface area contributed by atoms with Gasteiger partial charge in [0.25, 0.3) is 0 Å². The topological polar surface area (TPSA) is 23.3 Å². The van der Waals surface area contributed by atoms with Crippen molar-refractivity contribution in [3.8, 4) is 0 Å². The van der Waals surface area contributed by atoms with E-state index in [2.05, 4.69) is 13.8 Å². The van der Waals surface area contributed by atoms with Gasteiger partial charge in [0.15, 0.2) is 0 Å². The Morgan fingerprint density at radius 2 is 2.07 bits per heavy atom. The molecule has 2 nitrogen and oxygen atoms in total. The van der Waals surface area contributed by atoms with Gasteiger partial charge in [-0.2, -0.15) is 0 Å². The number of hydrogen-bond donors (Lipinski definition) is 0. The van der Waals surface area contributed by atoms with Crippen LogP contribution in [0.15, 0.2) is 0 Å². The molecule has 2 aliphatic rings. The van der Waals surface area contributed by atoms with Crippen LogP contribution in [0.2, 0.25) is 0 Å². The van der Waals surface area contributed by atoms with Gasteiger partial charge in [-0.1, -0.05) is 26.2 Å². The van der Waals surface area contributed by atoms with E-state index in [4.69, 9.17) is 10.1 Å². The van der Waals surface area contributed by atoms with Crippen molar-refractivity contribution in [3.63, 3.8) is 0 Å². The summed E-state index contributed by atoms with van der Waals surface area (Å²) in [5.41, 5.74) is 0. The molecule has 0 spiro atoms. The van der Waals surface area contributed by atoms with E-state index in [1.165, 1.54) is 19.3 Å². The molecule has 0 aromatic rings. The number of nitrogens with zero attached hydrogens (tertiary/aromatic N) is 1. The van der Waals surface area contributed by atoms with Crippen LogP contribution in [0, 0.1) is 11.8 Å². The minimum absolute atomic E-state index is 0. The Kier molecular flexibility index (Phi) is 5.07. The zero-order valence-electron chi connectivity index (χ0n) is 9.08. The first-order chi connectivity index (χ1) is 6.29. The summed E-state index contributed by atoms with van der Waals surface area (Å²) in [6.07, 6.45) is 4.36. The molecule has 0 amide bonds. The second-order valence-corrected chi connectivity index (χ2v) is 4.69. The van der Waals surface area contributed by atoms with E-state index in [0.717, 1.165) is 19.1 Å². The molecule has 3 unspecified atom stereocenters. The van der Waals surface area contributed by atoms with Crippen molar-refractivity contribution in [1.29, 1.82) is 0 Å². The van der Waals surface area contributed by atoms with Gasteiger partial charge in [-0.3, -0.25) is 0 Å². The monoisotopic (exact) mass is 369 g/mol. The number of hydrogen-bond acceptors (Lipinski definition) is 1. The summed E-state index contributed by atoms with van der Waals surface area (Å²) in [6.45, 7) is 6.52. The van der Waals surface area contributed by atoms with E-state index >= 15 is 0 Å². The Labute approximate surface area is 101 Å². The summed E-state index contributed by atoms with van der Waals surface area (Å²) >= 11 is 0. The first kappa shape index (κ1) is 12.7. The minimum atomic E-state index is 0. The molecule has 0 saturated carbocycles. The molecule has 0 N–H and O–H groups in total. The van der Waals surface area contributed by atoms with Crippen molar-refractivity contribution in [2.45, 2.75) is 45.3 Å². The average molecular weight is 368 g/mol. The maximum absolute atomic E-state index is 5.91. The summed E-state index contributed by atoms with van der Waals surface area (Å²) in [5.74, 6) is 1.38. The average Bonchev–Trinajstić information content (AvgIpc) is 2.36. The number of ether oxygens (including phenoxy) is 1. The molecule has 3 atom stereocenters. The van der Waals surface area contributed by atoms with Crippen LogP contribution in [0.4, 0.5) is 0 Å². The van der Waals surface area contributed by atoms with Crippen LogP contribution in [-0.2, 0) is 25.2 Å². The van der Waals surface area contributed by atoms with Gasteiger partial charge in [0.2, 0.25) is 0 Å². The molecular formula is C11H20NORe-. The van der Waals surface area contributed by atoms with E-state index in [9.17, 15) is 0 Å². The van der Waals surface area contributed by atoms with Crippen LogP contribution in [-0.4, -0.2) is 25.3 Å². The summed E-state index contributed by atoms with van der Waals surface area (Å²) in [5, 5.41) is 4.70. The van der Waals surface area contributed by atoms with Crippen LogP contribution in [0.1, 0.15) is 33.1 Å². The van der Waals surface area contributed by atoms with Gasteiger partial charge in [-0.05, 0) is 18.8 Å². The van der Waals surface area contributed by atoms with Crippen molar-refractivity contribution in [3.05, 3.63) is 5.32 Å². The van der Waals surface area contributed by atoms with Crippen LogP contribution in [0.25, 0.3) is 5.32 Å².